The number of hydrogen-bond donors (Lipinski definition) is 0. The molecule has 0 aromatic rings. The molecule has 0 aromatic carbocycles. The molecule has 0 amide bonds. The van der Waals surface area contributed by atoms with E-state index in [1.807, 2.05) is 0 Å². The highest BCUT2D eigenvalue weighted by atomic mass is 16.5. The molecule has 2 rings (SSSR count). The van der Waals surface area contributed by atoms with Gasteiger partial charge in [-0.2, -0.15) is 0 Å². The summed E-state index contributed by atoms with van der Waals surface area (Å²) >= 11 is 0. The first-order valence-corrected chi connectivity index (χ1v) is 5.36. The van der Waals surface area contributed by atoms with E-state index >= 15 is 0 Å². The minimum atomic E-state index is -0.457. The van der Waals surface area contributed by atoms with Crippen LogP contribution in [0.2, 0.25) is 0 Å². The molecular weight excluding hydrogens is 180 g/mol. The van der Waals surface area contributed by atoms with E-state index in [1.54, 1.807) is 6.92 Å². The van der Waals surface area contributed by atoms with Gasteiger partial charge >= 0.3 is 5.97 Å². The molecule has 3 nitrogen and oxygen atoms in total. The van der Waals surface area contributed by atoms with E-state index in [0.29, 0.717) is 24.9 Å². The Morgan fingerprint density at radius 1 is 1.50 bits per heavy atom. The first kappa shape index (κ1) is 9.69. The maximum atomic E-state index is 11.7. The molecule has 2 saturated carbocycles. The van der Waals surface area contributed by atoms with Gasteiger partial charge in [-0.05, 0) is 38.0 Å². The zero-order chi connectivity index (χ0) is 10.2. The topological polar surface area (TPSA) is 43.4 Å². The molecule has 3 heteroatoms. The van der Waals surface area contributed by atoms with Crippen LogP contribution in [0, 0.1) is 11.3 Å². The summed E-state index contributed by atoms with van der Waals surface area (Å²) < 4.78 is 4.88. The first-order valence-electron chi connectivity index (χ1n) is 5.36. The van der Waals surface area contributed by atoms with Crippen molar-refractivity contribution in [3.05, 3.63) is 0 Å². The van der Waals surface area contributed by atoms with Crippen LogP contribution in [0.1, 0.15) is 39.0 Å². The number of esters is 1. The highest BCUT2D eigenvalue weighted by Crippen LogP contribution is 2.56. The predicted molar refractivity (Wildman–Crippen MR) is 50.6 cm³/mol. The van der Waals surface area contributed by atoms with Crippen molar-refractivity contribution in [2.75, 3.05) is 6.61 Å². The van der Waals surface area contributed by atoms with Crippen molar-refractivity contribution in [3.63, 3.8) is 0 Å². The van der Waals surface area contributed by atoms with Gasteiger partial charge in [-0.3, -0.25) is 9.59 Å². The van der Waals surface area contributed by atoms with E-state index in [0.717, 1.165) is 6.42 Å². The zero-order valence-corrected chi connectivity index (χ0v) is 8.54. The van der Waals surface area contributed by atoms with Crippen molar-refractivity contribution in [3.8, 4) is 0 Å². The SMILES string of the molecule is CCOC(=O)C1CCC2(CC2)CC1=O. The van der Waals surface area contributed by atoms with Gasteiger partial charge < -0.3 is 4.74 Å². The predicted octanol–water partition coefficient (Wildman–Crippen LogP) is 1.70. The second kappa shape index (κ2) is 3.37. The maximum Gasteiger partial charge on any atom is 0.316 e. The molecule has 0 aliphatic heterocycles. The first-order chi connectivity index (χ1) is 6.67. The smallest absolute Gasteiger partial charge is 0.316 e. The number of rotatable bonds is 2. The van der Waals surface area contributed by atoms with Gasteiger partial charge in [-0.25, -0.2) is 0 Å². The molecule has 78 valence electrons. The summed E-state index contributed by atoms with van der Waals surface area (Å²) in [5, 5.41) is 0. The Balaban J connectivity index is 1.95. The quantitative estimate of drug-likeness (QED) is 0.498. The molecule has 14 heavy (non-hydrogen) atoms. The molecule has 0 N–H and O–H groups in total. The van der Waals surface area contributed by atoms with Crippen LogP contribution in [-0.4, -0.2) is 18.4 Å². The molecular formula is C11H16O3. The van der Waals surface area contributed by atoms with Crippen molar-refractivity contribution < 1.29 is 14.3 Å². The Hall–Kier alpha value is -0.860. The Morgan fingerprint density at radius 3 is 2.71 bits per heavy atom. The summed E-state index contributed by atoms with van der Waals surface area (Å²) in [5.74, 6) is -0.665. The Bertz CT molecular complexity index is 266. The van der Waals surface area contributed by atoms with Crippen LogP contribution < -0.4 is 0 Å². The van der Waals surface area contributed by atoms with Crippen LogP contribution in [0.25, 0.3) is 0 Å². The van der Waals surface area contributed by atoms with E-state index in [4.69, 9.17) is 4.74 Å². The molecule has 2 fully saturated rings. The molecule has 2 aliphatic rings. The third-order valence-corrected chi connectivity index (χ3v) is 3.43. The molecule has 0 saturated heterocycles. The van der Waals surface area contributed by atoms with E-state index in [-0.39, 0.29) is 11.8 Å². The average Bonchev–Trinajstić information content (AvgIpc) is 2.85. The van der Waals surface area contributed by atoms with Crippen LogP contribution in [0.5, 0.6) is 0 Å². The lowest BCUT2D eigenvalue weighted by molar-refractivity contribution is -0.153. The van der Waals surface area contributed by atoms with Crippen LogP contribution in [-0.2, 0) is 14.3 Å². The van der Waals surface area contributed by atoms with Gasteiger partial charge in [0.2, 0.25) is 0 Å². The molecule has 1 spiro atoms. The minimum Gasteiger partial charge on any atom is -0.465 e. The van der Waals surface area contributed by atoms with Crippen molar-refractivity contribution in [1.82, 2.24) is 0 Å². The van der Waals surface area contributed by atoms with Crippen molar-refractivity contribution in [2.45, 2.75) is 39.0 Å². The summed E-state index contributed by atoms with van der Waals surface area (Å²) in [6.07, 6.45) is 4.69. The van der Waals surface area contributed by atoms with Crippen LogP contribution >= 0.6 is 0 Å². The number of ketones is 1. The average molecular weight is 196 g/mol. The van der Waals surface area contributed by atoms with Gasteiger partial charge in [-0.15, -0.1) is 0 Å². The third-order valence-electron chi connectivity index (χ3n) is 3.43. The molecule has 1 unspecified atom stereocenters. The summed E-state index contributed by atoms with van der Waals surface area (Å²) in [6.45, 7) is 2.14. The van der Waals surface area contributed by atoms with Gasteiger partial charge in [0.25, 0.3) is 0 Å². The zero-order valence-electron chi connectivity index (χ0n) is 8.54. The highest BCUT2D eigenvalue weighted by Gasteiger charge is 2.50. The second-order valence-electron chi connectivity index (χ2n) is 4.49. The van der Waals surface area contributed by atoms with Crippen LogP contribution in [0.15, 0.2) is 0 Å². The fourth-order valence-electron chi connectivity index (χ4n) is 2.29. The largest absolute Gasteiger partial charge is 0.465 e. The van der Waals surface area contributed by atoms with Gasteiger partial charge in [0.1, 0.15) is 11.7 Å². The Morgan fingerprint density at radius 2 is 2.21 bits per heavy atom. The molecule has 1 atom stereocenters. The number of ether oxygens (including phenoxy) is 1. The molecule has 0 bridgehead atoms. The van der Waals surface area contributed by atoms with E-state index in [9.17, 15) is 9.59 Å². The lowest BCUT2D eigenvalue weighted by atomic mass is 9.79. The second-order valence-corrected chi connectivity index (χ2v) is 4.49. The van der Waals surface area contributed by atoms with Crippen molar-refractivity contribution >= 4 is 11.8 Å². The van der Waals surface area contributed by atoms with Gasteiger partial charge in [0.15, 0.2) is 0 Å². The number of carbonyl (C=O) groups is 2. The summed E-state index contributed by atoms with van der Waals surface area (Å²) in [7, 11) is 0. The Labute approximate surface area is 83.8 Å². The molecule has 0 radical (unpaired) electrons. The van der Waals surface area contributed by atoms with Crippen LogP contribution in [0.4, 0.5) is 0 Å². The standard InChI is InChI=1S/C11H16O3/c1-2-14-10(13)8-3-4-11(5-6-11)7-9(8)12/h8H,2-7H2,1H3. The van der Waals surface area contributed by atoms with Crippen molar-refractivity contribution in [1.29, 1.82) is 0 Å². The fraction of sp³-hybridized carbons (Fsp3) is 0.818. The fourth-order valence-corrected chi connectivity index (χ4v) is 2.29. The van der Waals surface area contributed by atoms with E-state index < -0.39 is 5.92 Å². The van der Waals surface area contributed by atoms with E-state index in [2.05, 4.69) is 0 Å². The Kier molecular flexibility index (Phi) is 2.33. The van der Waals surface area contributed by atoms with Gasteiger partial charge in [0.05, 0.1) is 6.61 Å². The number of hydrogen-bond acceptors (Lipinski definition) is 3. The van der Waals surface area contributed by atoms with Crippen molar-refractivity contribution in [2.24, 2.45) is 11.3 Å². The lowest BCUT2D eigenvalue weighted by Gasteiger charge is -2.25. The van der Waals surface area contributed by atoms with E-state index in [1.165, 1.54) is 12.8 Å². The van der Waals surface area contributed by atoms with Crippen LogP contribution in [0.3, 0.4) is 0 Å². The lowest BCUT2D eigenvalue weighted by Crippen LogP contribution is -2.32. The molecule has 0 aromatic heterocycles. The number of carbonyl (C=O) groups excluding carboxylic acids is 2. The normalized spacial score (nSPS) is 28.9. The summed E-state index contributed by atoms with van der Waals surface area (Å²) in [5.41, 5.74) is 0.306. The maximum absolute atomic E-state index is 11.7. The molecule has 0 heterocycles. The van der Waals surface area contributed by atoms with Gasteiger partial charge in [0, 0.05) is 6.42 Å². The monoisotopic (exact) mass is 196 g/mol. The minimum absolute atomic E-state index is 0.104. The van der Waals surface area contributed by atoms with Gasteiger partial charge in [-0.1, -0.05) is 0 Å². The summed E-state index contributed by atoms with van der Waals surface area (Å²) in [4.78, 5) is 23.1. The summed E-state index contributed by atoms with van der Waals surface area (Å²) in [6, 6.07) is 0. The molecule has 2 aliphatic carbocycles. The number of Topliss-reactive ketones (excluding diaryl/α,β-unsaturated/α-hetero) is 1. The highest BCUT2D eigenvalue weighted by molar-refractivity contribution is 6.00. The third kappa shape index (κ3) is 1.68.